The summed E-state index contributed by atoms with van der Waals surface area (Å²) < 4.78 is 47.3. The minimum absolute atomic E-state index is 0.245. The van der Waals surface area contributed by atoms with Crippen molar-refractivity contribution >= 4 is 19.7 Å². The molecule has 0 radical (unpaired) electrons. The Kier molecular flexibility index (Phi) is 9.02. The first kappa shape index (κ1) is 19.4. The Morgan fingerprint density at radius 3 is 0.909 bits per heavy atom. The molecule has 0 aromatic heterocycles. The first-order valence-corrected chi connectivity index (χ1v) is 11.8. The van der Waals surface area contributed by atoms with E-state index in [1.54, 1.807) is 0 Å². The molecule has 1 aliphatic rings. The third-order valence-corrected chi connectivity index (χ3v) is 7.28. The van der Waals surface area contributed by atoms with Crippen molar-refractivity contribution in [2.45, 2.75) is 51.4 Å². The topological polar surface area (TPSA) is 68.3 Å². The number of allylic oxidation sites excluding steroid dienone is 4. The standard InChI is InChI=1S/C16H28O4S2/c17-21(18)13-9-5-1-2-6-10-14-22(19,20)16-12-8-4-3-7-11-15-21/h1-4H,5-16H2. The van der Waals surface area contributed by atoms with Gasteiger partial charge in [0.1, 0.15) is 19.7 Å². The van der Waals surface area contributed by atoms with Gasteiger partial charge in [-0.1, -0.05) is 24.3 Å². The van der Waals surface area contributed by atoms with Gasteiger partial charge in [-0.3, -0.25) is 0 Å². The van der Waals surface area contributed by atoms with Crippen molar-refractivity contribution < 1.29 is 16.8 Å². The van der Waals surface area contributed by atoms with Crippen LogP contribution in [0.4, 0.5) is 0 Å². The van der Waals surface area contributed by atoms with Gasteiger partial charge in [-0.25, -0.2) is 16.8 Å². The lowest BCUT2D eigenvalue weighted by Crippen LogP contribution is -2.11. The number of sulfone groups is 2. The van der Waals surface area contributed by atoms with Crippen molar-refractivity contribution in [3.05, 3.63) is 24.3 Å². The smallest absolute Gasteiger partial charge is 0.150 e. The van der Waals surface area contributed by atoms with Crippen molar-refractivity contribution in [1.82, 2.24) is 0 Å². The van der Waals surface area contributed by atoms with Gasteiger partial charge in [0.25, 0.3) is 0 Å². The van der Waals surface area contributed by atoms with Crippen LogP contribution in [0.2, 0.25) is 0 Å². The molecule has 0 aromatic carbocycles. The van der Waals surface area contributed by atoms with Gasteiger partial charge in [0.15, 0.2) is 0 Å². The summed E-state index contributed by atoms with van der Waals surface area (Å²) in [6.45, 7) is 0. The van der Waals surface area contributed by atoms with E-state index >= 15 is 0 Å². The van der Waals surface area contributed by atoms with Crippen molar-refractivity contribution in [3.63, 3.8) is 0 Å². The summed E-state index contributed by atoms with van der Waals surface area (Å²) in [6.07, 6.45) is 13.4. The minimum Gasteiger partial charge on any atom is -0.229 e. The van der Waals surface area contributed by atoms with Crippen LogP contribution in [0.25, 0.3) is 0 Å². The molecule has 0 unspecified atom stereocenters. The lowest BCUT2D eigenvalue weighted by atomic mass is 10.2. The molecule has 1 heterocycles. The molecule has 0 bridgehead atoms. The Bertz CT molecular complexity index is 469. The van der Waals surface area contributed by atoms with E-state index in [2.05, 4.69) is 0 Å². The third-order valence-electron chi connectivity index (χ3n) is 3.64. The summed E-state index contributed by atoms with van der Waals surface area (Å²) >= 11 is 0. The Balaban J connectivity index is 2.51. The van der Waals surface area contributed by atoms with Gasteiger partial charge in [-0.05, 0) is 51.4 Å². The van der Waals surface area contributed by atoms with Gasteiger partial charge < -0.3 is 0 Å². The first-order valence-electron chi connectivity index (χ1n) is 8.12. The van der Waals surface area contributed by atoms with Crippen LogP contribution in [0.5, 0.6) is 0 Å². The molecule has 0 saturated heterocycles. The van der Waals surface area contributed by atoms with E-state index < -0.39 is 19.7 Å². The molecule has 4 nitrogen and oxygen atoms in total. The first-order chi connectivity index (χ1) is 10.4. The number of hydrogen-bond acceptors (Lipinski definition) is 4. The van der Waals surface area contributed by atoms with Gasteiger partial charge in [0.2, 0.25) is 0 Å². The van der Waals surface area contributed by atoms with E-state index in [4.69, 9.17) is 0 Å². The van der Waals surface area contributed by atoms with Crippen molar-refractivity contribution in [3.8, 4) is 0 Å². The highest BCUT2D eigenvalue weighted by Crippen LogP contribution is 2.07. The summed E-state index contributed by atoms with van der Waals surface area (Å²) in [5.41, 5.74) is 0. The van der Waals surface area contributed by atoms with Gasteiger partial charge in [0.05, 0.1) is 23.0 Å². The summed E-state index contributed by atoms with van der Waals surface area (Å²) in [4.78, 5) is 0. The Morgan fingerprint density at radius 1 is 0.455 bits per heavy atom. The fourth-order valence-electron chi connectivity index (χ4n) is 2.36. The van der Waals surface area contributed by atoms with E-state index in [9.17, 15) is 16.8 Å². The summed E-state index contributed by atoms with van der Waals surface area (Å²) in [7, 11) is -5.85. The SMILES string of the molecule is O=S1(=O)CCCC=CCCCS(=O)(=O)CCCC=CCCC1. The maximum atomic E-state index is 11.8. The van der Waals surface area contributed by atoms with Crippen molar-refractivity contribution in [2.24, 2.45) is 0 Å². The van der Waals surface area contributed by atoms with Crippen LogP contribution in [0, 0.1) is 0 Å². The maximum absolute atomic E-state index is 11.8. The van der Waals surface area contributed by atoms with Crippen LogP contribution in [0.15, 0.2) is 24.3 Å². The highest BCUT2D eigenvalue weighted by atomic mass is 32.2. The second kappa shape index (κ2) is 10.2. The zero-order chi connectivity index (χ0) is 16.3. The van der Waals surface area contributed by atoms with Gasteiger partial charge in [-0.15, -0.1) is 0 Å². The van der Waals surface area contributed by atoms with Gasteiger partial charge in [-0.2, -0.15) is 0 Å². The van der Waals surface area contributed by atoms with Gasteiger partial charge in [0, 0.05) is 0 Å². The zero-order valence-electron chi connectivity index (χ0n) is 13.2. The van der Waals surface area contributed by atoms with E-state index in [1.165, 1.54) is 0 Å². The van der Waals surface area contributed by atoms with Crippen LogP contribution in [-0.4, -0.2) is 39.8 Å². The summed E-state index contributed by atoms with van der Waals surface area (Å²) in [6, 6.07) is 0. The fraction of sp³-hybridized carbons (Fsp3) is 0.750. The largest absolute Gasteiger partial charge is 0.229 e. The molecule has 22 heavy (non-hydrogen) atoms. The highest BCUT2D eigenvalue weighted by molar-refractivity contribution is 7.91. The molecule has 1 aliphatic heterocycles. The predicted molar refractivity (Wildman–Crippen MR) is 92.5 cm³/mol. The Labute approximate surface area is 135 Å². The van der Waals surface area contributed by atoms with E-state index in [0.29, 0.717) is 25.7 Å². The molecule has 0 fully saturated rings. The van der Waals surface area contributed by atoms with Crippen LogP contribution in [-0.2, 0) is 19.7 Å². The molecule has 6 heteroatoms. The van der Waals surface area contributed by atoms with Crippen molar-refractivity contribution in [1.29, 1.82) is 0 Å². The Morgan fingerprint density at radius 2 is 0.682 bits per heavy atom. The molecule has 1 rings (SSSR count). The number of hydrogen-bond donors (Lipinski definition) is 0. The molecule has 0 aliphatic carbocycles. The molecular formula is C16H28O4S2. The highest BCUT2D eigenvalue weighted by Gasteiger charge is 2.10. The molecule has 0 spiro atoms. The van der Waals surface area contributed by atoms with Crippen LogP contribution in [0.3, 0.4) is 0 Å². The van der Waals surface area contributed by atoms with Crippen LogP contribution < -0.4 is 0 Å². The molecule has 0 saturated carbocycles. The monoisotopic (exact) mass is 348 g/mol. The molecule has 0 atom stereocenters. The molecule has 0 amide bonds. The maximum Gasteiger partial charge on any atom is 0.150 e. The average Bonchev–Trinajstić information content (AvgIpc) is 2.43. The molecule has 128 valence electrons. The van der Waals surface area contributed by atoms with E-state index in [1.807, 2.05) is 24.3 Å². The normalized spacial score (nSPS) is 25.1. The predicted octanol–water partition coefficient (Wildman–Crippen LogP) is 3.06. The Hall–Kier alpha value is -0.620. The van der Waals surface area contributed by atoms with Gasteiger partial charge >= 0.3 is 0 Å². The molecule has 0 N–H and O–H groups in total. The number of rotatable bonds is 0. The fourth-order valence-corrected chi connectivity index (χ4v) is 5.19. The van der Waals surface area contributed by atoms with Crippen LogP contribution in [0.1, 0.15) is 51.4 Å². The minimum atomic E-state index is -2.92. The lowest BCUT2D eigenvalue weighted by Gasteiger charge is -2.03. The lowest BCUT2D eigenvalue weighted by molar-refractivity contribution is 0.588. The third kappa shape index (κ3) is 10.2. The molecular weight excluding hydrogens is 320 g/mol. The van der Waals surface area contributed by atoms with Crippen molar-refractivity contribution in [2.75, 3.05) is 23.0 Å². The summed E-state index contributed by atoms with van der Waals surface area (Å²) in [5.74, 6) is 0.982. The summed E-state index contributed by atoms with van der Waals surface area (Å²) in [5, 5.41) is 0. The zero-order valence-corrected chi connectivity index (χ0v) is 14.9. The second-order valence-corrected chi connectivity index (χ2v) is 10.4. The average molecular weight is 349 g/mol. The van der Waals surface area contributed by atoms with E-state index in [0.717, 1.165) is 25.7 Å². The van der Waals surface area contributed by atoms with Crippen LogP contribution >= 0.6 is 0 Å². The quantitative estimate of drug-likeness (QED) is 0.631. The molecule has 0 aromatic rings. The second-order valence-electron chi connectivity index (χ2n) is 5.82. The van der Waals surface area contributed by atoms with E-state index in [-0.39, 0.29) is 23.0 Å².